The molecule has 4 rings (SSSR count). The highest BCUT2D eigenvalue weighted by atomic mass is 35.5. The molecule has 5 nitrogen and oxygen atoms in total. The number of nitrogens with one attached hydrogen (secondary N) is 1. The van der Waals surface area contributed by atoms with Gasteiger partial charge in [0, 0.05) is 11.6 Å². The maximum absolute atomic E-state index is 12.8. The summed E-state index contributed by atoms with van der Waals surface area (Å²) < 4.78 is 40.2. The average molecular weight is 395 g/mol. The molecule has 1 aromatic carbocycles. The molecule has 1 fully saturated rings. The molecule has 0 aliphatic heterocycles. The van der Waals surface area contributed by atoms with Crippen LogP contribution in [0.15, 0.2) is 36.5 Å². The van der Waals surface area contributed by atoms with Crippen molar-refractivity contribution in [1.29, 1.82) is 0 Å². The first-order chi connectivity index (χ1) is 12.8. The van der Waals surface area contributed by atoms with Crippen molar-refractivity contribution in [2.75, 3.05) is 5.32 Å². The Bertz CT molecular complexity index is 1030. The quantitative estimate of drug-likeness (QED) is 0.673. The van der Waals surface area contributed by atoms with Crippen molar-refractivity contribution in [1.82, 2.24) is 14.8 Å². The van der Waals surface area contributed by atoms with Crippen LogP contribution >= 0.6 is 11.6 Å². The van der Waals surface area contributed by atoms with E-state index >= 15 is 0 Å². The van der Waals surface area contributed by atoms with Crippen LogP contribution in [0.25, 0.3) is 10.9 Å². The molecule has 27 heavy (non-hydrogen) atoms. The minimum absolute atomic E-state index is 0.252. The van der Waals surface area contributed by atoms with Gasteiger partial charge in [-0.05, 0) is 43.5 Å². The van der Waals surface area contributed by atoms with Crippen LogP contribution in [0.5, 0.6) is 0 Å². The van der Waals surface area contributed by atoms with Crippen molar-refractivity contribution in [3.8, 4) is 0 Å². The normalized spacial score (nSPS) is 15.0. The highest BCUT2D eigenvalue weighted by molar-refractivity contribution is 6.34. The summed E-state index contributed by atoms with van der Waals surface area (Å²) in [5.41, 5.74) is -0.478. The molecule has 1 amide bonds. The highest BCUT2D eigenvalue weighted by Gasteiger charge is 2.33. The largest absolute Gasteiger partial charge is 0.433 e. The van der Waals surface area contributed by atoms with E-state index in [1.165, 1.54) is 12.5 Å². The Kier molecular flexibility index (Phi) is 4.30. The molecule has 2 aromatic heterocycles. The number of anilines is 1. The van der Waals surface area contributed by atoms with Gasteiger partial charge in [-0.2, -0.15) is 18.3 Å². The molecule has 0 unspecified atom stereocenters. The molecular formula is C18H14ClF3N4O. The van der Waals surface area contributed by atoms with Crippen molar-refractivity contribution in [2.24, 2.45) is 0 Å². The van der Waals surface area contributed by atoms with Crippen LogP contribution in [-0.2, 0) is 6.18 Å². The number of amides is 1. The van der Waals surface area contributed by atoms with E-state index in [0.717, 1.165) is 30.4 Å². The van der Waals surface area contributed by atoms with E-state index in [2.05, 4.69) is 15.4 Å². The number of carbonyl (C=O) groups is 1. The highest BCUT2D eigenvalue weighted by Crippen LogP contribution is 2.34. The molecule has 1 N–H and O–H groups in total. The second-order valence-electron chi connectivity index (χ2n) is 6.44. The fraction of sp³-hybridized carbons (Fsp3) is 0.278. The Morgan fingerprint density at radius 1 is 1.26 bits per heavy atom. The Morgan fingerprint density at radius 3 is 2.70 bits per heavy atom. The van der Waals surface area contributed by atoms with Crippen molar-refractivity contribution in [3.63, 3.8) is 0 Å². The number of fused-ring (bicyclic) bond motifs is 1. The Labute approximate surface area is 157 Å². The number of halogens is 4. The van der Waals surface area contributed by atoms with Gasteiger partial charge in [-0.3, -0.25) is 9.48 Å². The Morgan fingerprint density at radius 2 is 2.04 bits per heavy atom. The summed E-state index contributed by atoms with van der Waals surface area (Å²) in [4.78, 5) is 15.7. The van der Waals surface area contributed by atoms with E-state index in [1.807, 2.05) is 10.9 Å². The third-order valence-electron chi connectivity index (χ3n) is 4.58. The fourth-order valence-electron chi connectivity index (χ4n) is 2.90. The molecule has 3 aromatic rings. The number of hydrogen-bond acceptors (Lipinski definition) is 3. The molecule has 140 valence electrons. The monoisotopic (exact) mass is 394 g/mol. The number of aromatic nitrogens is 3. The molecule has 1 saturated carbocycles. The lowest BCUT2D eigenvalue weighted by Gasteiger charge is -2.25. The zero-order valence-corrected chi connectivity index (χ0v) is 14.7. The average Bonchev–Trinajstić information content (AvgIpc) is 2.94. The van der Waals surface area contributed by atoms with Gasteiger partial charge in [-0.1, -0.05) is 17.7 Å². The summed E-state index contributed by atoms with van der Waals surface area (Å²) in [6.07, 6.45) is 0.586. The van der Waals surface area contributed by atoms with Gasteiger partial charge < -0.3 is 5.32 Å². The van der Waals surface area contributed by atoms with E-state index in [1.54, 1.807) is 12.1 Å². The number of benzene rings is 1. The molecule has 0 atom stereocenters. The summed E-state index contributed by atoms with van der Waals surface area (Å²) in [7, 11) is 0. The van der Waals surface area contributed by atoms with Gasteiger partial charge >= 0.3 is 6.18 Å². The summed E-state index contributed by atoms with van der Waals surface area (Å²) in [6.45, 7) is 0. The standard InChI is InChI=1S/C18H14ClF3N4O/c19-12-8-14-10(9-26(25-14)11-3-1-4-11)7-15(12)24-17(27)13-5-2-6-16(23-13)18(20,21)22/h2,5-9,11H,1,3-4H2,(H,24,27). The van der Waals surface area contributed by atoms with Gasteiger partial charge in [0.05, 0.1) is 22.3 Å². The molecular weight excluding hydrogens is 381 g/mol. The molecule has 1 aliphatic carbocycles. The summed E-state index contributed by atoms with van der Waals surface area (Å²) >= 11 is 6.21. The predicted octanol–water partition coefficient (Wildman–Crippen LogP) is 5.08. The number of pyridine rings is 1. The number of carbonyl (C=O) groups excluding carboxylic acids is 1. The lowest BCUT2D eigenvalue weighted by atomic mass is 9.93. The first-order valence-electron chi connectivity index (χ1n) is 8.35. The van der Waals surface area contributed by atoms with E-state index < -0.39 is 17.8 Å². The van der Waals surface area contributed by atoms with Crippen molar-refractivity contribution in [2.45, 2.75) is 31.5 Å². The lowest BCUT2D eigenvalue weighted by Crippen LogP contribution is -2.17. The zero-order chi connectivity index (χ0) is 19.2. The molecule has 1 aliphatic rings. The fourth-order valence-corrected chi connectivity index (χ4v) is 3.11. The van der Waals surface area contributed by atoms with E-state index in [-0.39, 0.29) is 10.7 Å². The van der Waals surface area contributed by atoms with E-state index in [9.17, 15) is 18.0 Å². The van der Waals surface area contributed by atoms with Crippen molar-refractivity contribution >= 4 is 34.1 Å². The third-order valence-corrected chi connectivity index (χ3v) is 4.89. The number of alkyl halides is 3. The number of rotatable bonds is 3. The van der Waals surface area contributed by atoms with Crippen molar-refractivity contribution < 1.29 is 18.0 Å². The van der Waals surface area contributed by atoms with Gasteiger partial charge in [0.15, 0.2) is 0 Å². The van der Waals surface area contributed by atoms with Crippen LogP contribution in [0, 0.1) is 0 Å². The minimum Gasteiger partial charge on any atom is -0.319 e. The number of hydrogen-bond donors (Lipinski definition) is 1. The van der Waals surface area contributed by atoms with Crippen LogP contribution in [0.4, 0.5) is 18.9 Å². The minimum atomic E-state index is -4.62. The molecule has 2 heterocycles. The maximum atomic E-state index is 12.8. The maximum Gasteiger partial charge on any atom is 0.433 e. The molecule has 9 heteroatoms. The van der Waals surface area contributed by atoms with Gasteiger partial charge in [0.2, 0.25) is 0 Å². The first-order valence-corrected chi connectivity index (χ1v) is 8.73. The lowest BCUT2D eigenvalue weighted by molar-refractivity contribution is -0.141. The van der Waals surface area contributed by atoms with Crippen LogP contribution in [0.3, 0.4) is 0 Å². The summed E-state index contributed by atoms with van der Waals surface area (Å²) in [5.74, 6) is -0.770. The van der Waals surface area contributed by atoms with Crippen LogP contribution in [-0.4, -0.2) is 20.7 Å². The summed E-state index contributed by atoms with van der Waals surface area (Å²) in [5, 5.41) is 8.06. The predicted molar refractivity (Wildman–Crippen MR) is 94.8 cm³/mol. The van der Waals surface area contributed by atoms with Crippen LogP contribution in [0.1, 0.15) is 41.5 Å². The Hall–Kier alpha value is -2.61. The topological polar surface area (TPSA) is 59.8 Å². The second-order valence-corrected chi connectivity index (χ2v) is 6.85. The van der Waals surface area contributed by atoms with Crippen LogP contribution in [0.2, 0.25) is 5.02 Å². The smallest absolute Gasteiger partial charge is 0.319 e. The molecule has 0 saturated heterocycles. The van der Waals surface area contributed by atoms with Gasteiger partial charge in [0.25, 0.3) is 5.91 Å². The zero-order valence-electron chi connectivity index (χ0n) is 13.9. The second kappa shape index (κ2) is 6.53. The van der Waals surface area contributed by atoms with Crippen molar-refractivity contribution in [3.05, 3.63) is 52.9 Å². The molecule has 0 bridgehead atoms. The Balaban J connectivity index is 1.60. The third kappa shape index (κ3) is 3.49. The van der Waals surface area contributed by atoms with Gasteiger partial charge in [-0.25, -0.2) is 4.98 Å². The van der Waals surface area contributed by atoms with Crippen LogP contribution < -0.4 is 5.32 Å². The van der Waals surface area contributed by atoms with Gasteiger partial charge in [-0.15, -0.1) is 0 Å². The SMILES string of the molecule is O=C(Nc1cc2cn(C3CCC3)nc2cc1Cl)c1cccc(C(F)(F)F)n1. The first kappa shape index (κ1) is 17.8. The van der Waals surface area contributed by atoms with Gasteiger partial charge in [0.1, 0.15) is 11.4 Å². The molecule has 0 spiro atoms. The molecule has 0 radical (unpaired) electrons. The van der Waals surface area contributed by atoms with E-state index in [4.69, 9.17) is 11.6 Å². The van der Waals surface area contributed by atoms with E-state index in [0.29, 0.717) is 17.2 Å². The number of nitrogens with zero attached hydrogens (tertiary/aromatic N) is 3. The summed E-state index contributed by atoms with van der Waals surface area (Å²) in [6, 6.07) is 6.82.